The van der Waals surface area contributed by atoms with Gasteiger partial charge < -0.3 is 10.5 Å². The molecule has 0 aliphatic heterocycles. The molecule has 0 aliphatic rings. The first-order valence-corrected chi connectivity index (χ1v) is 6.82. The maximum absolute atomic E-state index is 10.9. The maximum atomic E-state index is 10.9. The summed E-state index contributed by atoms with van der Waals surface area (Å²) < 4.78 is 5.61. The summed E-state index contributed by atoms with van der Waals surface area (Å²) in [7, 11) is 0. The van der Waals surface area contributed by atoms with Crippen molar-refractivity contribution in [3.8, 4) is 5.75 Å². The number of ether oxygens (including phenoxy) is 1. The zero-order valence-electron chi connectivity index (χ0n) is 11.9. The molecule has 2 N–H and O–H groups in total. The van der Waals surface area contributed by atoms with Gasteiger partial charge in [-0.15, -0.1) is 0 Å². The molecule has 1 atom stereocenters. The SMILES string of the molecule is CC[C@@H](N)c1ccc(OCc2ccccc2[N+](=O)[O-])cc1. The van der Waals surface area contributed by atoms with Crippen molar-refractivity contribution in [3.05, 3.63) is 69.8 Å². The summed E-state index contributed by atoms with van der Waals surface area (Å²) in [5.41, 5.74) is 7.62. The van der Waals surface area contributed by atoms with Gasteiger partial charge in [0, 0.05) is 12.1 Å². The van der Waals surface area contributed by atoms with Gasteiger partial charge in [0.05, 0.1) is 10.5 Å². The summed E-state index contributed by atoms with van der Waals surface area (Å²) in [6.45, 7) is 2.19. The number of hydrogen-bond donors (Lipinski definition) is 1. The molecule has 21 heavy (non-hydrogen) atoms. The van der Waals surface area contributed by atoms with Crippen LogP contribution >= 0.6 is 0 Å². The van der Waals surface area contributed by atoms with E-state index in [1.807, 2.05) is 31.2 Å². The molecule has 0 fully saturated rings. The van der Waals surface area contributed by atoms with Crippen LogP contribution in [0.5, 0.6) is 5.75 Å². The highest BCUT2D eigenvalue weighted by Gasteiger charge is 2.12. The van der Waals surface area contributed by atoms with E-state index in [0.29, 0.717) is 11.3 Å². The molecule has 2 aromatic carbocycles. The van der Waals surface area contributed by atoms with Crippen LogP contribution in [-0.4, -0.2) is 4.92 Å². The normalized spacial score (nSPS) is 11.9. The third-order valence-electron chi connectivity index (χ3n) is 3.33. The zero-order chi connectivity index (χ0) is 15.2. The summed E-state index contributed by atoms with van der Waals surface area (Å²) in [5, 5.41) is 10.9. The lowest BCUT2D eigenvalue weighted by Crippen LogP contribution is -2.08. The van der Waals surface area contributed by atoms with Crippen LogP contribution in [-0.2, 0) is 6.61 Å². The Kier molecular flexibility index (Phi) is 4.90. The molecule has 0 unspecified atom stereocenters. The Morgan fingerprint density at radius 2 is 1.86 bits per heavy atom. The third-order valence-corrected chi connectivity index (χ3v) is 3.33. The number of benzene rings is 2. The van der Waals surface area contributed by atoms with Crippen LogP contribution in [0.4, 0.5) is 5.69 Å². The van der Waals surface area contributed by atoms with Crippen molar-refractivity contribution in [3.63, 3.8) is 0 Å². The van der Waals surface area contributed by atoms with Crippen LogP contribution in [0.3, 0.4) is 0 Å². The first kappa shape index (κ1) is 15.0. The van der Waals surface area contributed by atoms with E-state index in [1.54, 1.807) is 18.2 Å². The Bertz CT molecular complexity index is 611. The summed E-state index contributed by atoms with van der Waals surface area (Å²) >= 11 is 0. The number of hydrogen-bond acceptors (Lipinski definition) is 4. The molecule has 0 heterocycles. The highest BCUT2D eigenvalue weighted by molar-refractivity contribution is 5.39. The van der Waals surface area contributed by atoms with Gasteiger partial charge >= 0.3 is 0 Å². The fourth-order valence-corrected chi connectivity index (χ4v) is 2.02. The molecule has 0 spiro atoms. The van der Waals surface area contributed by atoms with Crippen molar-refractivity contribution >= 4 is 5.69 Å². The van der Waals surface area contributed by atoms with Crippen molar-refractivity contribution in [1.29, 1.82) is 0 Å². The standard InChI is InChI=1S/C16H18N2O3/c1-2-15(17)12-7-9-14(10-8-12)21-11-13-5-3-4-6-16(13)18(19)20/h3-10,15H,2,11,17H2,1H3/t15-/m1/s1. The van der Waals surface area contributed by atoms with Gasteiger partial charge in [-0.25, -0.2) is 0 Å². The van der Waals surface area contributed by atoms with Gasteiger partial charge in [-0.1, -0.05) is 31.2 Å². The Morgan fingerprint density at radius 1 is 1.19 bits per heavy atom. The minimum absolute atomic E-state index is 0.0225. The molecule has 2 rings (SSSR count). The third kappa shape index (κ3) is 3.79. The van der Waals surface area contributed by atoms with Crippen LogP contribution in [0, 0.1) is 10.1 Å². The monoisotopic (exact) mass is 286 g/mol. The number of para-hydroxylation sites is 1. The molecule has 2 aromatic rings. The Hall–Kier alpha value is -2.40. The van der Waals surface area contributed by atoms with E-state index < -0.39 is 4.92 Å². The van der Waals surface area contributed by atoms with Crippen LogP contribution < -0.4 is 10.5 Å². The molecular formula is C16H18N2O3. The van der Waals surface area contributed by atoms with Crippen molar-refractivity contribution < 1.29 is 9.66 Å². The molecule has 0 aliphatic carbocycles. The molecule has 5 heteroatoms. The van der Waals surface area contributed by atoms with Crippen molar-refractivity contribution in [2.75, 3.05) is 0 Å². The summed E-state index contributed by atoms with van der Waals surface area (Å²) in [6, 6.07) is 14.1. The molecule has 0 bridgehead atoms. The predicted octanol–water partition coefficient (Wildman–Crippen LogP) is 3.58. The minimum Gasteiger partial charge on any atom is -0.489 e. The second kappa shape index (κ2) is 6.85. The highest BCUT2D eigenvalue weighted by Crippen LogP contribution is 2.22. The van der Waals surface area contributed by atoms with Crippen molar-refractivity contribution in [1.82, 2.24) is 0 Å². The second-order valence-electron chi connectivity index (χ2n) is 4.76. The summed E-state index contributed by atoms with van der Waals surface area (Å²) in [4.78, 5) is 10.5. The van der Waals surface area contributed by atoms with Gasteiger partial charge in [0.1, 0.15) is 12.4 Å². The molecule has 110 valence electrons. The van der Waals surface area contributed by atoms with Gasteiger partial charge in [0.2, 0.25) is 0 Å². The molecule has 0 aromatic heterocycles. The highest BCUT2D eigenvalue weighted by atomic mass is 16.6. The van der Waals surface area contributed by atoms with E-state index in [2.05, 4.69) is 0 Å². The van der Waals surface area contributed by atoms with Crippen LogP contribution in [0.15, 0.2) is 48.5 Å². The van der Waals surface area contributed by atoms with E-state index in [4.69, 9.17) is 10.5 Å². The smallest absolute Gasteiger partial charge is 0.276 e. The van der Waals surface area contributed by atoms with Crippen LogP contribution in [0.25, 0.3) is 0 Å². The molecular weight excluding hydrogens is 268 g/mol. The predicted molar refractivity (Wildman–Crippen MR) is 81.1 cm³/mol. The molecule has 0 saturated heterocycles. The quantitative estimate of drug-likeness (QED) is 0.650. The number of nitrogens with two attached hydrogens (primary N) is 1. The van der Waals surface area contributed by atoms with Gasteiger partial charge in [-0.3, -0.25) is 10.1 Å². The average Bonchev–Trinajstić information content (AvgIpc) is 2.52. The second-order valence-corrected chi connectivity index (χ2v) is 4.76. The number of nitro groups is 1. The fraction of sp³-hybridized carbons (Fsp3) is 0.250. The van der Waals surface area contributed by atoms with Gasteiger partial charge in [0.25, 0.3) is 5.69 Å². The van der Waals surface area contributed by atoms with E-state index in [1.165, 1.54) is 6.07 Å². The van der Waals surface area contributed by atoms with Crippen LogP contribution in [0.2, 0.25) is 0 Å². The Labute approximate surface area is 123 Å². The van der Waals surface area contributed by atoms with E-state index >= 15 is 0 Å². The first-order valence-electron chi connectivity index (χ1n) is 6.82. The Morgan fingerprint density at radius 3 is 2.48 bits per heavy atom. The average molecular weight is 286 g/mol. The van der Waals surface area contributed by atoms with Crippen molar-refractivity contribution in [2.24, 2.45) is 5.73 Å². The number of rotatable bonds is 6. The lowest BCUT2D eigenvalue weighted by molar-refractivity contribution is -0.385. The van der Waals surface area contributed by atoms with Gasteiger partial charge in [-0.2, -0.15) is 0 Å². The summed E-state index contributed by atoms with van der Waals surface area (Å²) in [6.07, 6.45) is 0.871. The first-order chi connectivity index (χ1) is 10.1. The van der Waals surface area contributed by atoms with E-state index in [-0.39, 0.29) is 18.3 Å². The maximum Gasteiger partial charge on any atom is 0.276 e. The minimum atomic E-state index is -0.401. The summed E-state index contributed by atoms with van der Waals surface area (Å²) in [5.74, 6) is 0.667. The van der Waals surface area contributed by atoms with Crippen molar-refractivity contribution in [2.45, 2.75) is 26.0 Å². The topological polar surface area (TPSA) is 78.4 Å². The Balaban J connectivity index is 2.05. The molecule has 0 saturated carbocycles. The van der Waals surface area contributed by atoms with Gasteiger partial charge in [-0.05, 0) is 30.2 Å². The van der Waals surface area contributed by atoms with E-state index in [0.717, 1.165) is 12.0 Å². The van der Waals surface area contributed by atoms with E-state index in [9.17, 15) is 10.1 Å². The zero-order valence-corrected chi connectivity index (χ0v) is 11.9. The van der Waals surface area contributed by atoms with Gasteiger partial charge in [0.15, 0.2) is 0 Å². The van der Waals surface area contributed by atoms with Crippen LogP contribution in [0.1, 0.15) is 30.5 Å². The number of nitro benzene ring substituents is 1. The number of nitrogens with zero attached hydrogens (tertiary/aromatic N) is 1. The largest absolute Gasteiger partial charge is 0.489 e. The fourth-order valence-electron chi connectivity index (χ4n) is 2.02. The molecule has 5 nitrogen and oxygen atoms in total. The molecule has 0 radical (unpaired) electrons. The lowest BCUT2D eigenvalue weighted by Gasteiger charge is -2.11. The lowest BCUT2D eigenvalue weighted by atomic mass is 10.1. The molecule has 0 amide bonds.